The van der Waals surface area contributed by atoms with Gasteiger partial charge in [-0.25, -0.2) is 9.97 Å². The minimum absolute atomic E-state index is 0.00796. The van der Waals surface area contributed by atoms with Gasteiger partial charge in [0, 0.05) is 24.2 Å². The molecule has 0 saturated carbocycles. The summed E-state index contributed by atoms with van der Waals surface area (Å²) in [5.41, 5.74) is 2.20. The lowest BCUT2D eigenvalue weighted by Crippen LogP contribution is -2.25. The Morgan fingerprint density at radius 2 is 2.11 bits per heavy atom. The van der Waals surface area contributed by atoms with Gasteiger partial charge in [-0.15, -0.1) is 0 Å². The van der Waals surface area contributed by atoms with E-state index in [4.69, 9.17) is 11.6 Å². The third-order valence-corrected chi connectivity index (χ3v) is 3.37. The summed E-state index contributed by atoms with van der Waals surface area (Å²) in [6.07, 6.45) is 3.32. The van der Waals surface area contributed by atoms with E-state index in [-0.39, 0.29) is 5.41 Å². The van der Waals surface area contributed by atoms with Crippen LogP contribution >= 0.6 is 11.6 Å². The van der Waals surface area contributed by atoms with E-state index in [0.29, 0.717) is 5.15 Å². The van der Waals surface area contributed by atoms with Gasteiger partial charge in [0.25, 0.3) is 0 Å². The standard InChI is InChI=1S/C13H13ClN4/c1-13(2)7-18(9-4-3-5-15-12(9)13)11-6-10(14)16-8-17-11/h3-6,8H,7H2,1-2H3. The molecular weight excluding hydrogens is 248 g/mol. The number of hydrogen-bond donors (Lipinski definition) is 0. The van der Waals surface area contributed by atoms with Gasteiger partial charge in [-0.1, -0.05) is 25.4 Å². The van der Waals surface area contributed by atoms with Crippen LogP contribution in [0.2, 0.25) is 5.15 Å². The third kappa shape index (κ3) is 1.73. The zero-order valence-electron chi connectivity index (χ0n) is 10.3. The SMILES string of the molecule is CC1(C)CN(c2cc(Cl)ncn2)c2cccnc21. The normalized spacial score (nSPS) is 16.7. The number of anilines is 2. The number of hydrogen-bond acceptors (Lipinski definition) is 4. The Morgan fingerprint density at radius 1 is 1.28 bits per heavy atom. The van der Waals surface area contributed by atoms with E-state index in [0.717, 1.165) is 23.7 Å². The zero-order chi connectivity index (χ0) is 12.8. The first-order valence-electron chi connectivity index (χ1n) is 5.78. The first kappa shape index (κ1) is 11.4. The molecule has 0 atom stereocenters. The first-order chi connectivity index (χ1) is 8.58. The van der Waals surface area contributed by atoms with Crippen molar-refractivity contribution in [2.24, 2.45) is 0 Å². The highest BCUT2D eigenvalue weighted by atomic mass is 35.5. The van der Waals surface area contributed by atoms with Crippen molar-refractivity contribution in [1.82, 2.24) is 15.0 Å². The molecule has 1 aliphatic heterocycles. The van der Waals surface area contributed by atoms with Crippen molar-refractivity contribution >= 4 is 23.1 Å². The van der Waals surface area contributed by atoms with Gasteiger partial charge in [-0.05, 0) is 12.1 Å². The highest BCUT2D eigenvalue weighted by Gasteiger charge is 2.37. The van der Waals surface area contributed by atoms with Crippen LogP contribution in [0.5, 0.6) is 0 Å². The van der Waals surface area contributed by atoms with Crippen LogP contribution in [0.15, 0.2) is 30.7 Å². The van der Waals surface area contributed by atoms with Gasteiger partial charge in [0.15, 0.2) is 0 Å². The summed E-state index contributed by atoms with van der Waals surface area (Å²) in [5, 5.41) is 0.454. The second-order valence-electron chi connectivity index (χ2n) is 5.04. The van der Waals surface area contributed by atoms with E-state index in [2.05, 4.69) is 39.8 Å². The van der Waals surface area contributed by atoms with E-state index in [9.17, 15) is 0 Å². The van der Waals surface area contributed by atoms with Gasteiger partial charge >= 0.3 is 0 Å². The lowest BCUT2D eigenvalue weighted by molar-refractivity contribution is 0.552. The van der Waals surface area contributed by atoms with Crippen molar-refractivity contribution in [1.29, 1.82) is 0 Å². The Kier molecular flexibility index (Phi) is 2.48. The Hall–Kier alpha value is -1.68. The maximum absolute atomic E-state index is 5.93. The average molecular weight is 261 g/mol. The van der Waals surface area contributed by atoms with Crippen LogP contribution in [-0.2, 0) is 5.41 Å². The Morgan fingerprint density at radius 3 is 2.89 bits per heavy atom. The van der Waals surface area contributed by atoms with Gasteiger partial charge in [-0.2, -0.15) is 0 Å². The lowest BCUT2D eigenvalue weighted by atomic mass is 9.91. The summed E-state index contributed by atoms with van der Waals surface area (Å²) in [6, 6.07) is 5.78. The molecular formula is C13H13ClN4. The summed E-state index contributed by atoms with van der Waals surface area (Å²) >= 11 is 5.93. The van der Waals surface area contributed by atoms with Gasteiger partial charge in [-0.3, -0.25) is 4.98 Å². The van der Waals surface area contributed by atoms with Crippen molar-refractivity contribution in [3.05, 3.63) is 41.6 Å². The second-order valence-corrected chi connectivity index (χ2v) is 5.43. The monoisotopic (exact) mass is 260 g/mol. The van der Waals surface area contributed by atoms with Crippen molar-refractivity contribution in [2.75, 3.05) is 11.4 Å². The van der Waals surface area contributed by atoms with E-state index in [1.807, 2.05) is 12.3 Å². The Labute approximate surface area is 111 Å². The predicted octanol–water partition coefficient (Wildman–Crippen LogP) is 2.95. The maximum atomic E-state index is 5.93. The number of fused-ring (bicyclic) bond motifs is 1. The molecule has 92 valence electrons. The first-order valence-corrected chi connectivity index (χ1v) is 6.16. The molecule has 0 aliphatic carbocycles. The van der Waals surface area contributed by atoms with Gasteiger partial charge in [0.05, 0.1) is 11.4 Å². The van der Waals surface area contributed by atoms with Crippen LogP contribution in [0.3, 0.4) is 0 Å². The molecule has 18 heavy (non-hydrogen) atoms. The number of nitrogens with zero attached hydrogens (tertiary/aromatic N) is 4. The summed E-state index contributed by atoms with van der Waals surface area (Å²) < 4.78 is 0. The fourth-order valence-corrected chi connectivity index (χ4v) is 2.51. The zero-order valence-corrected chi connectivity index (χ0v) is 11.0. The van der Waals surface area contributed by atoms with E-state index in [1.165, 1.54) is 6.33 Å². The predicted molar refractivity (Wildman–Crippen MR) is 71.3 cm³/mol. The molecule has 0 radical (unpaired) electrons. The molecule has 0 aromatic carbocycles. The molecule has 3 rings (SSSR count). The molecule has 0 bridgehead atoms. The average Bonchev–Trinajstić information content (AvgIpc) is 2.63. The number of pyridine rings is 1. The van der Waals surface area contributed by atoms with Crippen LogP contribution in [-0.4, -0.2) is 21.5 Å². The van der Waals surface area contributed by atoms with Gasteiger partial charge < -0.3 is 4.90 Å². The number of rotatable bonds is 1. The summed E-state index contributed by atoms with van der Waals surface area (Å²) in [5.74, 6) is 0.815. The molecule has 0 unspecified atom stereocenters. The minimum Gasteiger partial charge on any atom is -0.324 e. The van der Waals surface area contributed by atoms with Crippen LogP contribution in [0.4, 0.5) is 11.5 Å². The van der Waals surface area contributed by atoms with Crippen molar-refractivity contribution < 1.29 is 0 Å². The molecule has 1 aliphatic rings. The van der Waals surface area contributed by atoms with Gasteiger partial charge in [0.1, 0.15) is 17.3 Å². The fourth-order valence-electron chi connectivity index (χ4n) is 2.37. The molecule has 4 nitrogen and oxygen atoms in total. The molecule has 2 aromatic rings. The fraction of sp³-hybridized carbons (Fsp3) is 0.308. The maximum Gasteiger partial charge on any atom is 0.137 e. The van der Waals surface area contributed by atoms with Crippen LogP contribution in [0, 0.1) is 0 Å². The highest BCUT2D eigenvalue weighted by Crippen LogP contribution is 2.42. The molecule has 5 heteroatoms. The van der Waals surface area contributed by atoms with Crippen LogP contribution in [0.25, 0.3) is 0 Å². The molecule has 0 amide bonds. The summed E-state index contributed by atoms with van der Waals surface area (Å²) in [7, 11) is 0. The van der Waals surface area contributed by atoms with Gasteiger partial charge in [0.2, 0.25) is 0 Å². The molecule has 3 heterocycles. The molecule has 0 fully saturated rings. The van der Waals surface area contributed by atoms with Crippen molar-refractivity contribution in [2.45, 2.75) is 19.3 Å². The highest BCUT2D eigenvalue weighted by molar-refractivity contribution is 6.29. The van der Waals surface area contributed by atoms with E-state index in [1.54, 1.807) is 6.07 Å². The summed E-state index contributed by atoms with van der Waals surface area (Å²) in [6.45, 7) is 5.20. The smallest absolute Gasteiger partial charge is 0.137 e. The number of aromatic nitrogens is 3. The third-order valence-electron chi connectivity index (χ3n) is 3.17. The number of halogens is 1. The molecule has 0 N–H and O–H groups in total. The molecule has 0 saturated heterocycles. The quantitative estimate of drug-likeness (QED) is 0.740. The Bertz CT molecular complexity index is 597. The van der Waals surface area contributed by atoms with Crippen molar-refractivity contribution in [3.63, 3.8) is 0 Å². The van der Waals surface area contributed by atoms with E-state index < -0.39 is 0 Å². The minimum atomic E-state index is 0.00796. The van der Waals surface area contributed by atoms with E-state index >= 15 is 0 Å². The molecule has 0 spiro atoms. The topological polar surface area (TPSA) is 41.9 Å². The summed E-state index contributed by atoms with van der Waals surface area (Å²) in [4.78, 5) is 14.8. The largest absolute Gasteiger partial charge is 0.324 e. The van der Waals surface area contributed by atoms with Crippen LogP contribution < -0.4 is 4.90 Å². The van der Waals surface area contributed by atoms with Crippen molar-refractivity contribution in [3.8, 4) is 0 Å². The lowest BCUT2D eigenvalue weighted by Gasteiger charge is -2.20. The molecule has 2 aromatic heterocycles. The second kappa shape index (κ2) is 3.92. The Balaban J connectivity index is 2.11. The van der Waals surface area contributed by atoms with Crippen LogP contribution in [0.1, 0.15) is 19.5 Å².